The molecule has 0 aliphatic carbocycles. The number of hydrogen-bond acceptors (Lipinski definition) is 4. The Morgan fingerprint density at radius 3 is 2.83 bits per heavy atom. The first-order chi connectivity index (χ1) is 8.69. The Kier molecular flexibility index (Phi) is 7.23. The maximum Gasteiger partial charge on any atom is 0.227 e. The molecule has 3 unspecified atom stereocenters. The highest BCUT2D eigenvalue weighted by molar-refractivity contribution is 5.79. The number of carbonyl (C=O) groups is 1. The summed E-state index contributed by atoms with van der Waals surface area (Å²) in [7, 11) is 0. The molecule has 1 aliphatic rings. The van der Waals surface area contributed by atoms with Crippen LogP contribution in [0.25, 0.3) is 0 Å². The summed E-state index contributed by atoms with van der Waals surface area (Å²) in [6.07, 6.45) is 2.24. The van der Waals surface area contributed by atoms with Crippen molar-refractivity contribution < 1.29 is 14.6 Å². The first kappa shape index (κ1) is 15.4. The lowest BCUT2D eigenvalue weighted by Crippen LogP contribution is -2.45. The molecule has 0 spiro atoms. The molecule has 0 aromatic rings. The SMILES string of the molecule is CCCNC1COCC1C(=O)NCC(O)CCC. The predicted octanol–water partition coefficient (Wildman–Crippen LogP) is 0.278. The molecule has 1 fully saturated rings. The van der Waals surface area contributed by atoms with E-state index in [4.69, 9.17) is 4.74 Å². The van der Waals surface area contributed by atoms with Gasteiger partial charge in [0, 0.05) is 12.6 Å². The molecule has 5 heteroatoms. The quantitative estimate of drug-likeness (QED) is 0.585. The fourth-order valence-corrected chi connectivity index (χ4v) is 2.13. The van der Waals surface area contributed by atoms with Crippen molar-refractivity contribution >= 4 is 5.91 Å². The Labute approximate surface area is 109 Å². The van der Waals surface area contributed by atoms with E-state index in [-0.39, 0.29) is 17.9 Å². The Morgan fingerprint density at radius 1 is 1.39 bits per heavy atom. The Morgan fingerprint density at radius 2 is 2.17 bits per heavy atom. The van der Waals surface area contributed by atoms with E-state index in [1.807, 2.05) is 6.92 Å². The third-order valence-electron chi connectivity index (χ3n) is 3.21. The van der Waals surface area contributed by atoms with E-state index >= 15 is 0 Å². The summed E-state index contributed by atoms with van der Waals surface area (Å²) in [6, 6.07) is 0.105. The van der Waals surface area contributed by atoms with Gasteiger partial charge in [-0.25, -0.2) is 0 Å². The molecule has 0 radical (unpaired) electrons. The van der Waals surface area contributed by atoms with Crippen molar-refractivity contribution in [1.82, 2.24) is 10.6 Å². The Hall–Kier alpha value is -0.650. The fourth-order valence-electron chi connectivity index (χ4n) is 2.13. The van der Waals surface area contributed by atoms with Gasteiger partial charge in [-0.05, 0) is 19.4 Å². The van der Waals surface area contributed by atoms with Gasteiger partial charge in [0.05, 0.1) is 25.2 Å². The standard InChI is InChI=1S/C13H26N2O3/c1-3-5-10(16)7-15-13(17)11-8-18-9-12(11)14-6-4-2/h10-12,14,16H,3-9H2,1-2H3,(H,15,17). The second-order valence-corrected chi connectivity index (χ2v) is 4.89. The van der Waals surface area contributed by atoms with Gasteiger partial charge >= 0.3 is 0 Å². The van der Waals surface area contributed by atoms with Crippen molar-refractivity contribution in [2.24, 2.45) is 5.92 Å². The van der Waals surface area contributed by atoms with Crippen LogP contribution in [0.15, 0.2) is 0 Å². The molecule has 106 valence electrons. The second kappa shape index (κ2) is 8.45. The van der Waals surface area contributed by atoms with E-state index in [1.54, 1.807) is 0 Å². The van der Waals surface area contributed by atoms with E-state index < -0.39 is 6.10 Å². The van der Waals surface area contributed by atoms with Crippen molar-refractivity contribution in [3.05, 3.63) is 0 Å². The van der Waals surface area contributed by atoms with Crippen LogP contribution in [-0.2, 0) is 9.53 Å². The number of carbonyl (C=O) groups excluding carboxylic acids is 1. The topological polar surface area (TPSA) is 70.6 Å². The van der Waals surface area contributed by atoms with E-state index in [1.165, 1.54) is 0 Å². The molecule has 5 nitrogen and oxygen atoms in total. The monoisotopic (exact) mass is 258 g/mol. The summed E-state index contributed by atoms with van der Waals surface area (Å²) in [5, 5.41) is 15.7. The van der Waals surface area contributed by atoms with Gasteiger partial charge in [0.1, 0.15) is 0 Å². The minimum Gasteiger partial charge on any atom is -0.391 e. The molecule has 0 bridgehead atoms. The fraction of sp³-hybridized carbons (Fsp3) is 0.923. The molecule has 18 heavy (non-hydrogen) atoms. The second-order valence-electron chi connectivity index (χ2n) is 4.89. The molecule has 1 aliphatic heterocycles. The molecule has 1 amide bonds. The lowest BCUT2D eigenvalue weighted by molar-refractivity contribution is -0.125. The highest BCUT2D eigenvalue weighted by atomic mass is 16.5. The Bertz CT molecular complexity index is 248. The van der Waals surface area contributed by atoms with Crippen LogP contribution in [0.4, 0.5) is 0 Å². The molecule has 1 saturated heterocycles. The molecule has 0 saturated carbocycles. The zero-order chi connectivity index (χ0) is 13.4. The van der Waals surface area contributed by atoms with Crippen LogP contribution < -0.4 is 10.6 Å². The van der Waals surface area contributed by atoms with Crippen LogP contribution >= 0.6 is 0 Å². The molecule has 1 rings (SSSR count). The molecular weight excluding hydrogens is 232 g/mol. The van der Waals surface area contributed by atoms with Gasteiger partial charge in [0.25, 0.3) is 0 Å². The van der Waals surface area contributed by atoms with Gasteiger partial charge in [0.2, 0.25) is 5.91 Å². The van der Waals surface area contributed by atoms with E-state index in [9.17, 15) is 9.90 Å². The zero-order valence-corrected chi connectivity index (χ0v) is 11.4. The van der Waals surface area contributed by atoms with Crippen molar-refractivity contribution in [3.8, 4) is 0 Å². The van der Waals surface area contributed by atoms with Crippen molar-refractivity contribution in [2.45, 2.75) is 45.3 Å². The number of hydrogen-bond donors (Lipinski definition) is 3. The summed E-state index contributed by atoms with van der Waals surface area (Å²) in [5.74, 6) is -0.151. The summed E-state index contributed by atoms with van der Waals surface area (Å²) < 4.78 is 5.36. The van der Waals surface area contributed by atoms with E-state index in [0.29, 0.717) is 19.8 Å². The lowest BCUT2D eigenvalue weighted by atomic mass is 10.0. The minimum atomic E-state index is -0.441. The van der Waals surface area contributed by atoms with Crippen molar-refractivity contribution in [3.63, 3.8) is 0 Å². The predicted molar refractivity (Wildman–Crippen MR) is 70.3 cm³/mol. The Balaban J connectivity index is 2.31. The van der Waals surface area contributed by atoms with Crippen molar-refractivity contribution in [2.75, 3.05) is 26.3 Å². The highest BCUT2D eigenvalue weighted by Gasteiger charge is 2.33. The van der Waals surface area contributed by atoms with E-state index in [2.05, 4.69) is 17.6 Å². The maximum absolute atomic E-state index is 12.0. The van der Waals surface area contributed by atoms with Gasteiger partial charge in [0.15, 0.2) is 0 Å². The average molecular weight is 258 g/mol. The van der Waals surface area contributed by atoms with Gasteiger partial charge in [-0.15, -0.1) is 0 Å². The zero-order valence-electron chi connectivity index (χ0n) is 11.4. The lowest BCUT2D eigenvalue weighted by Gasteiger charge is -2.19. The summed E-state index contributed by atoms with van der Waals surface area (Å²) in [5.41, 5.74) is 0. The van der Waals surface area contributed by atoms with Crippen LogP contribution in [-0.4, -0.2) is 49.5 Å². The maximum atomic E-state index is 12.0. The number of amides is 1. The molecule has 0 aromatic carbocycles. The summed E-state index contributed by atoms with van der Waals surface area (Å²) >= 11 is 0. The average Bonchev–Trinajstić information content (AvgIpc) is 2.82. The van der Waals surface area contributed by atoms with Crippen LogP contribution in [0.1, 0.15) is 33.1 Å². The minimum absolute atomic E-state index is 0.0174. The molecule has 0 aromatic heterocycles. The van der Waals surface area contributed by atoms with Crippen molar-refractivity contribution in [1.29, 1.82) is 0 Å². The molecule has 1 heterocycles. The van der Waals surface area contributed by atoms with Gasteiger partial charge in [-0.1, -0.05) is 20.3 Å². The summed E-state index contributed by atoms with van der Waals surface area (Å²) in [4.78, 5) is 12.0. The van der Waals surface area contributed by atoms with E-state index in [0.717, 1.165) is 25.8 Å². The van der Waals surface area contributed by atoms with Crippen LogP contribution in [0.2, 0.25) is 0 Å². The summed E-state index contributed by atoms with van der Waals surface area (Å²) in [6.45, 7) is 6.41. The third kappa shape index (κ3) is 4.92. The number of nitrogens with one attached hydrogen (secondary N) is 2. The van der Waals surface area contributed by atoms with Crippen LogP contribution in [0.3, 0.4) is 0 Å². The molecule has 3 atom stereocenters. The van der Waals surface area contributed by atoms with Crippen LogP contribution in [0.5, 0.6) is 0 Å². The number of ether oxygens (including phenoxy) is 1. The molecular formula is C13H26N2O3. The van der Waals surface area contributed by atoms with Gasteiger partial charge < -0.3 is 20.5 Å². The van der Waals surface area contributed by atoms with Gasteiger partial charge in [-0.2, -0.15) is 0 Å². The first-order valence-electron chi connectivity index (χ1n) is 6.95. The van der Waals surface area contributed by atoms with Gasteiger partial charge in [-0.3, -0.25) is 4.79 Å². The highest BCUT2D eigenvalue weighted by Crippen LogP contribution is 2.14. The number of aliphatic hydroxyl groups is 1. The normalized spacial score (nSPS) is 25.1. The van der Waals surface area contributed by atoms with Crippen LogP contribution in [0, 0.1) is 5.92 Å². The number of rotatable bonds is 8. The largest absolute Gasteiger partial charge is 0.391 e. The smallest absolute Gasteiger partial charge is 0.227 e. The molecule has 3 N–H and O–H groups in total. The third-order valence-corrected chi connectivity index (χ3v) is 3.21. The first-order valence-corrected chi connectivity index (χ1v) is 6.95. The number of aliphatic hydroxyl groups excluding tert-OH is 1.